The Morgan fingerprint density at radius 2 is 1.95 bits per heavy atom. The summed E-state index contributed by atoms with van der Waals surface area (Å²) >= 11 is 0. The number of ether oxygens (including phenoxy) is 3. The van der Waals surface area contributed by atoms with Gasteiger partial charge in [0, 0.05) is 48.1 Å². The Labute approximate surface area is 228 Å². The number of methoxy groups -OCH3 is 1. The second-order valence-corrected chi connectivity index (χ2v) is 10.3. The highest BCUT2D eigenvalue weighted by atomic mass is 16.5. The summed E-state index contributed by atoms with van der Waals surface area (Å²) < 4.78 is 19.3. The Morgan fingerprint density at radius 1 is 1.13 bits per heavy atom. The van der Waals surface area contributed by atoms with E-state index in [9.17, 15) is 4.79 Å². The van der Waals surface area contributed by atoms with Crippen molar-refractivity contribution in [3.8, 4) is 22.8 Å². The van der Waals surface area contributed by atoms with Crippen molar-refractivity contribution in [1.82, 2.24) is 25.1 Å². The number of rotatable bonds is 5. The van der Waals surface area contributed by atoms with Gasteiger partial charge in [-0.25, -0.2) is 14.8 Å². The smallest absolute Gasteiger partial charge is 0.414 e. The van der Waals surface area contributed by atoms with Gasteiger partial charge in [-0.2, -0.15) is 5.10 Å². The lowest BCUT2D eigenvalue weighted by molar-refractivity contribution is 0.122. The van der Waals surface area contributed by atoms with Gasteiger partial charge in [0.25, 0.3) is 0 Å². The summed E-state index contributed by atoms with van der Waals surface area (Å²) in [6, 6.07) is 6.26. The predicted octanol–water partition coefficient (Wildman–Crippen LogP) is 3.80. The molecule has 2 aromatic heterocycles. The Hall–Kier alpha value is -3.70. The van der Waals surface area contributed by atoms with Crippen molar-refractivity contribution in [3.05, 3.63) is 42.5 Å². The second kappa shape index (κ2) is 11.2. The van der Waals surface area contributed by atoms with Gasteiger partial charge in [0.1, 0.15) is 17.9 Å². The number of carbonyl (C=O) groups is 1. The number of anilines is 2. The van der Waals surface area contributed by atoms with E-state index in [1.807, 2.05) is 31.3 Å². The highest BCUT2D eigenvalue weighted by Crippen LogP contribution is 2.45. The number of hydrogen-bond acceptors (Lipinski definition) is 9. The third-order valence-corrected chi connectivity index (χ3v) is 7.88. The lowest BCUT2D eigenvalue weighted by Gasteiger charge is -2.35. The Bertz CT molecular complexity index is 1320. The number of nitrogens with zero attached hydrogens (tertiary/aromatic N) is 6. The van der Waals surface area contributed by atoms with Gasteiger partial charge in [-0.05, 0) is 57.8 Å². The number of piperidine rings is 1. The highest BCUT2D eigenvalue weighted by molar-refractivity contribution is 5.92. The van der Waals surface area contributed by atoms with Crippen molar-refractivity contribution in [2.24, 2.45) is 0 Å². The number of fused-ring (bicyclic) bond motifs is 1. The first-order valence-electron chi connectivity index (χ1n) is 13.7. The quantitative estimate of drug-likeness (QED) is 0.524. The molecule has 11 nitrogen and oxygen atoms in total. The van der Waals surface area contributed by atoms with E-state index in [-0.39, 0.29) is 12.1 Å². The normalized spacial score (nSPS) is 20.0. The molecule has 2 fully saturated rings. The zero-order valence-electron chi connectivity index (χ0n) is 22.5. The molecule has 3 aliphatic rings. The fraction of sp³-hybridized carbons (Fsp3) is 0.500. The van der Waals surface area contributed by atoms with E-state index in [1.54, 1.807) is 4.90 Å². The molecule has 1 amide bonds. The number of carbonyl (C=O) groups excluding carboxylic acids is 1. The van der Waals surface area contributed by atoms with Crippen molar-refractivity contribution in [2.45, 2.75) is 44.7 Å². The van der Waals surface area contributed by atoms with Gasteiger partial charge in [-0.3, -0.25) is 9.58 Å². The zero-order valence-corrected chi connectivity index (χ0v) is 22.5. The van der Waals surface area contributed by atoms with Gasteiger partial charge < -0.3 is 24.4 Å². The van der Waals surface area contributed by atoms with Crippen LogP contribution < -0.4 is 19.9 Å². The third kappa shape index (κ3) is 5.16. The molecular weight excluding hydrogens is 498 g/mol. The lowest BCUT2D eigenvalue weighted by Crippen LogP contribution is -2.42. The molecule has 5 heterocycles. The Balaban J connectivity index is 1.41. The maximum atomic E-state index is 12.8. The topological polar surface area (TPSA) is 107 Å². The van der Waals surface area contributed by atoms with Gasteiger partial charge in [-0.15, -0.1) is 0 Å². The minimum absolute atomic E-state index is 0.0123. The molecule has 0 aliphatic carbocycles. The number of aromatic nitrogens is 4. The predicted molar refractivity (Wildman–Crippen MR) is 147 cm³/mol. The first-order chi connectivity index (χ1) is 19.1. The molecule has 1 N–H and O–H groups in total. The standard InChI is InChI=1S/C28H35N7O4/c1-19-3-4-23-24(35(19)28(36)37-2)6-5-22(20-16-32-34(17-20)21-7-9-29-10-8-21)27(23)39-26-15-25(30-18-31-26)33-11-13-38-14-12-33/h5-6,15-19,21,29H,3-4,7-14H2,1-2H3. The van der Waals surface area contributed by atoms with Gasteiger partial charge >= 0.3 is 6.09 Å². The molecule has 0 saturated carbocycles. The van der Waals surface area contributed by atoms with Crippen LogP contribution in [0.1, 0.15) is 37.8 Å². The third-order valence-electron chi connectivity index (χ3n) is 7.88. The first kappa shape index (κ1) is 25.6. The van der Waals surface area contributed by atoms with Crippen molar-refractivity contribution in [1.29, 1.82) is 0 Å². The molecule has 1 aromatic carbocycles. The van der Waals surface area contributed by atoms with Crippen LogP contribution in [0.5, 0.6) is 11.6 Å². The number of nitrogens with one attached hydrogen (secondary N) is 1. The summed E-state index contributed by atoms with van der Waals surface area (Å²) in [5.74, 6) is 1.94. The molecule has 11 heteroatoms. The molecule has 3 aromatic rings. The molecule has 6 rings (SSSR count). The molecule has 2 saturated heterocycles. The summed E-state index contributed by atoms with van der Waals surface area (Å²) in [6.07, 6.45) is 8.81. The fourth-order valence-electron chi connectivity index (χ4n) is 5.73. The minimum Gasteiger partial charge on any atom is -0.452 e. The van der Waals surface area contributed by atoms with E-state index >= 15 is 0 Å². The molecule has 0 radical (unpaired) electrons. The average Bonchev–Trinajstić information content (AvgIpc) is 3.48. The largest absolute Gasteiger partial charge is 0.452 e. The molecular formula is C28H35N7O4. The zero-order chi connectivity index (χ0) is 26.8. The first-order valence-corrected chi connectivity index (χ1v) is 13.7. The molecule has 1 unspecified atom stereocenters. The summed E-state index contributed by atoms with van der Waals surface area (Å²) in [7, 11) is 1.42. The molecule has 206 valence electrons. The van der Waals surface area contributed by atoms with Gasteiger partial charge in [0.15, 0.2) is 0 Å². The van der Waals surface area contributed by atoms with Crippen LogP contribution in [-0.2, 0) is 15.9 Å². The highest BCUT2D eigenvalue weighted by Gasteiger charge is 2.33. The van der Waals surface area contributed by atoms with Crippen LogP contribution >= 0.6 is 0 Å². The van der Waals surface area contributed by atoms with E-state index in [2.05, 4.69) is 31.1 Å². The summed E-state index contributed by atoms with van der Waals surface area (Å²) in [5.41, 5.74) is 3.64. The van der Waals surface area contributed by atoms with Crippen LogP contribution in [0.25, 0.3) is 11.1 Å². The van der Waals surface area contributed by atoms with E-state index in [1.165, 1.54) is 13.4 Å². The minimum atomic E-state index is -0.377. The SMILES string of the molecule is COC(=O)N1c2ccc(-c3cnn(C4CCNCC4)c3)c(Oc3cc(N4CCOCC4)ncn3)c2CCC1C. The monoisotopic (exact) mass is 533 g/mol. The summed E-state index contributed by atoms with van der Waals surface area (Å²) in [5, 5.41) is 8.14. The maximum absolute atomic E-state index is 12.8. The Morgan fingerprint density at radius 3 is 2.74 bits per heavy atom. The van der Waals surface area contributed by atoms with Gasteiger partial charge in [-0.1, -0.05) is 0 Å². The van der Waals surface area contributed by atoms with Gasteiger partial charge in [0.05, 0.1) is 38.2 Å². The van der Waals surface area contributed by atoms with Crippen LogP contribution in [0.4, 0.5) is 16.3 Å². The number of amides is 1. The van der Waals surface area contributed by atoms with Crippen LogP contribution in [0.15, 0.2) is 36.9 Å². The second-order valence-electron chi connectivity index (χ2n) is 10.3. The molecule has 0 bridgehead atoms. The molecule has 0 spiro atoms. The average molecular weight is 534 g/mol. The number of hydrogen-bond donors (Lipinski definition) is 1. The number of benzene rings is 1. The maximum Gasteiger partial charge on any atom is 0.414 e. The van der Waals surface area contributed by atoms with Crippen LogP contribution in [0.3, 0.4) is 0 Å². The number of morpholine rings is 1. The van der Waals surface area contributed by atoms with E-state index in [4.69, 9.17) is 19.3 Å². The molecule has 3 aliphatic heterocycles. The summed E-state index contributed by atoms with van der Waals surface area (Å²) in [6.45, 7) is 6.89. The fourth-order valence-corrected chi connectivity index (χ4v) is 5.73. The van der Waals surface area contributed by atoms with Crippen LogP contribution in [0, 0.1) is 0 Å². The van der Waals surface area contributed by atoms with Crippen molar-refractivity contribution in [3.63, 3.8) is 0 Å². The molecule has 1 atom stereocenters. The van der Waals surface area contributed by atoms with Crippen molar-refractivity contribution < 1.29 is 19.0 Å². The lowest BCUT2D eigenvalue weighted by atomic mass is 9.92. The van der Waals surface area contributed by atoms with Gasteiger partial charge in [0.2, 0.25) is 5.88 Å². The van der Waals surface area contributed by atoms with Crippen LogP contribution in [-0.4, -0.2) is 78.4 Å². The van der Waals surface area contributed by atoms with Crippen molar-refractivity contribution in [2.75, 3.05) is 56.3 Å². The van der Waals surface area contributed by atoms with E-state index in [0.29, 0.717) is 30.9 Å². The molecule has 39 heavy (non-hydrogen) atoms. The van der Waals surface area contributed by atoms with Crippen molar-refractivity contribution >= 4 is 17.6 Å². The van der Waals surface area contributed by atoms with E-state index < -0.39 is 0 Å². The summed E-state index contributed by atoms with van der Waals surface area (Å²) in [4.78, 5) is 25.6. The van der Waals surface area contributed by atoms with Crippen LogP contribution in [0.2, 0.25) is 0 Å². The Kier molecular flexibility index (Phi) is 7.34. The van der Waals surface area contributed by atoms with E-state index in [0.717, 1.165) is 80.1 Å².